The van der Waals surface area contributed by atoms with E-state index in [2.05, 4.69) is 5.32 Å². The fourth-order valence-electron chi connectivity index (χ4n) is 2.37. The molecule has 0 aliphatic carbocycles. The van der Waals surface area contributed by atoms with E-state index in [0.717, 1.165) is 16.8 Å². The molecule has 1 atom stereocenters. The number of hydrogen-bond acceptors (Lipinski definition) is 5. The van der Waals surface area contributed by atoms with Gasteiger partial charge in [0, 0.05) is 5.69 Å². The van der Waals surface area contributed by atoms with Crippen LogP contribution in [0.2, 0.25) is 0 Å². The van der Waals surface area contributed by atoms with Crippen LogP contribution in [0.25, 0.3) is 0 Å². The average Bonchev–Trinajstić information content (AvgIpc) is 2.86. The van der Waals surface area contributed by atoms with Gasteiger partial charge in [-0.25, -0.2) is 9.59 Å². The Morgan fingerprint density at radius 2 is 1.88 bits per heavy atom. The maximum absolute atomic E-state index is 12.2. The van der Waals surface area contributed by atoms with Crippen LogP contribution in [0.3, 0.4) is 0 Å². The highest BCUT2D eigenvalue weighted by atomic mass is 35.5. The van der Waals surface area contributed by atoms with E-state index in [9.17, 15) is 9.59 Å². The lowest BCUT2D eigenvalue weighted by Gasteiger charge is -2.17. The molecule has 0 aromatic heterocycles. The molecule has 0 spiro atoms. The molecule has 2 aromatic carbocycles. The Labute approximate surface area is 150 Å². The monoisotopic (exact) mass is 357 g/mol. The van der Waals surface area contributed by atoms with Gasteiger partial charge >= 0.3 is 11.9 Å². The zero-order valence-electron chi connectivity index (χ0n) is 13.7. The lowest BCUT2D eigenvalue weighted by atomic mass is 10.1. The molecule has 3 rings (SSSR count). The van der Waals surface area contributed by atoms with Crippen molar-refractivity contribution in [2.75, 3.05) is 5.32 Å². The van der Waals surface area contributed by atoms with Gasteiger partial charge in [0.05, 0.1) is 5.56 Å². The molecule has 1 N–H and O–H groups in total. The summed E-state index contributed by atoms with van der Waals surface area (Å²) in [6, 6.07) is 14.3. The van der Waals surface area contributed by atoms with E-state index in [0.29, 0.717) is 5.56 Å². The molecule has 5 nitrogen and oxygen atoms in total. The van der Waals surface area contributed by atoms with Crippen LogP contribution in [0, 0.1) is 13.8 Å². The van der Waals surface area contributed by atoms with Crippen molar-refractivity contribution in [2.24, 2.45) is 0 Å². The van der Waals surface area contributed by atoms with Crippen LogP contribution >= 0.6 is 11.6 Å². The van der Waals surface area contributed by atoms with E-state index in [1.54, 1.807) is 30.3 Å². The van der Waals surface area contributed by atoms with E-state index in [-0.39, 0.29) is 10.7 Å². The van der Waals surface area contributed by atoms with Crippen molar-refractivity contribution in [2.45, 2.75) is 20.1 Å². The second-order valence-electron chi connectivity index (χ2n) is 5.68. The van der Waals surface area contributed by atoms with Gasteiger partial charge in [-0.05, 0) is 43.2 Å². The normalized spacial score (nSPS) is 16.6. The quantitative estimate of drug-likeness (QED) is 0.840. The van der Waals surface area contributed by atoms with Gasteiger partial charge in [-0.15, -0.1) is 0 Å². The highest BCUT2D eigenvalue weighted by Crippen LogP contribution is 2.30. The molecule has 25 heavy (non-hydrogen) atoms. The molecule has 0 amide bonds. The SMILES string of the molecule is Cc1ccc(C)c(NC2=C(Cl)C(=O)OC2OC(=O)c2ccccc2)c1. The van der Waals surface area contributed by atoms with Crippen molar-refractivity contribution in [1.29, 1.82) is 0 Å². The lowest BCUT2D eigenvalue weighted by molar-refractivity contribution is -0.152. The second kappa shape index (κ2) is 6.99. The number of anilines is 1. The minimum absolute atomic E-state index is 0.133. The van der Waals surface area contributed by atoms with Crippen molar-refractivity contribution in [3.05, 3.63) is 76.0 Å². The number of carbonyl (C=O) groups excluding carboxylic acids is 2. The first-order valence-electron chi connectivity index (χ1n) is 7.66. The van der Waals surface area contributed by atoms with Crippen molar-refractivity contribution >= 4 is 29.2 Å². The second-order valence-corrected chi connectivity index (χ2v) is 6.06. The zero-order valence-corrected chi connectivity index (χ0v) is 14.5. The molecule has 0 saturated carbocycles. The summed E-state index contributed by atoms with van der Waals surface area (Å²) >= 11 is 6.05. The summed E-state index contributed by atoms with van der Waals surface area (Å²) in [5.41, 5.74) is 3.31. The Morgan fingerprint density at radius 1 is 1.16 bits per heavy atom. The van der Waals surface area contributed by atoms with Gasteiger partial charge in [0.25, 0.3) is 6.29 Å². The summed E-state index contributed by atoms with van der Waals surface area (Å²) in [6.45, 7) is 3.86. The van der Waals surface area contributed by atoms with Crippen LogP contribution in [-0.2, 0) is 14.3 Å². The molecular formula is C19H16ClNO4. The first-order chi connectivity index (χ1) is 12.0. The summed E-state index contributed by atoms with van der Waals surface area (Å²) in [6.07, 6.45) is -1.22. The molecule has 6 heteroatoms. The Hall–Kier alpha value is -2.79. The predicted molar refractivity (Wildman–Crippen MR) is 94.2 cm³/mol. The topological polar surface area (TPSA) is 64.6 Å². The molecule has 128 valence electrons. The van der Waals surface area contributed by atoms with E-state index < -0.39 is 18.2 Å². The van der Waals surface area contributed by atoms with Crippen LogP contribution < -0.4 is 5.32 Å². The molecule has 1 unspecified atom stereocenters. The summed E-state index contributed by atoms with van der Waals surface area (Å²) in [5, 5.41) is 2.93. The van der Waals surface area contributed by atoms with E-state index >= 15 is 0 Å². The number of halogens is 1. The maximum Gasteiger partial charge on any atom is 0.355 e. The number of ether oxygens (including phenoxy) is 2. The van der Waals surface area contributed by atoms with Crippen LogP contribution in [0.4, 0.5) is 5.69 Å². The third-order valence-corrected chi connectivity index (χ3v) is 4.11. The standard InChI is InChI=1S/C19H16ClNO4/c1-11-8-9-12(2)14(10-11)21-16-15(20)18(23)25-19(16)24-17(22)13-6-4-3-5-7-13/h3-10,19,21H,1-2H3. The van der Waals surface area contributed by atoms with Gasteiger partial charge in [0.2, 0.25) is 0 Å². The molecule has 0 fully saturated rings. The van der Waals surface area contributed by atoms with Crippen molar-refractivity contribution in [3.63, 3.8) is 0 Å². The highest BCUT2D eigenvalue weighted by Gasteiger charge is 2.36. The lowest BCUT2D eigenvalue weighted by Crippen LogP contribution is -2.24. The van der Waals surface area contributed by atoms with Gasteiger partial charge < -0.3 is 14.8 Å². The number of benzene rings is 2. The van der Waals surface area contributed by atoms with Crippen LogP contribution in [0.5, 0.6) is 0 Å². The Balaban J connectivity index is 1.84. The van der Waals surface area contributed by atoms with E-state index in [1.807, 2.05) is 32.0 Å². The zero-order chi connectivity index (χ0) is 18.0. The van der Waals surface area contributed by atoms with Crippen molar-refractivity contribution in [3.8, 4) is 0 Å². The molecule has 1 aliphatic heterocycles. The number of aryl methyl sites for hydroxylation is 2. The number of esters is 2. The van der Waals surface area contributed by atoms with Gasteiger partial charge in [0.1, 0.15) is 5.70 Å². The first kappa shape index (κ1) is 17.0. The fourth-order valence-corrected chi connectivity index (χ4v) is 2.55. The third kappa shape index (κ3) is 3.67. The molecular weight excluding hydrogens is 342 g/mol. The number of cyclic esters (lactones) is 1. The Morgan fingerprint density at radius 3 is 2.60 bits per heavy atom. The smallest absolute Gasteiger partial charge is 0.355 e. The van der Waals surface area contributed by atoms with Gasteiger partial charge in [0.15, 0.2) is 5.03 Å². The summed E-state index contributed by atoms with van der Waals surface area (Å²) in [7, 11) is 0. The van der Waals surface area contributed by atoms with E-state index in [4.69, 9.17) is 21.1 Å². The van der Waals surface area contributed by atoms with Crippen molar-refractivity contribution in [1.82, 2.24) is 0 Å². The van der Waals surface area contributed by atoms with Gasteiger partial charge in [-0.2, -0.15) is 0 Å². The fraction of sp³-hybridized carbons (Fsp3) is 0.158. The molecule has 2 aromatic rings. The van der Waals surface area contributed by atoms with Gasteiger partial charge in [-0.1, -0.05) is 41.9 Å². The summed E-state index contributed by atoms with van der Waals surface area (Å²) in [5.74, 6) is -1.34. The van der Waals surface area contributed by atoms with Gasteiger partial charge in [-0.3, -0.25) is 0 Å². The number of nitrogens with one attached hydrogen (secondary N) is 1. The first-order valence-corrected chi connectivity index (χ1v) is 8.04. The van der Waals surface area contributed by atoms with Crippen LogP contribution in [0.1, 0.15) is 21.5 Å². The van der Waals surface area contributed by atoms with Crippen LogP contribution in [0.15, 0.2) is 59.3 Å². The highest BCUT2D eigenvalue weighted by molar-refractivity contribution is 6.42. The number of hydrogen-bond donors (Lipinski definition) is 1. The minimum atomic E-state index is -1.22. The maximum atomic E-state index is 12.2. The van der Waals surface area contributed by atoms with Crippen LogP contribution in [-0.4, -0.2) is 18.2 Å². The molecule has 0 radical (unpaired) electrons. The Bertz CT molecular complexity index is 861. The summed E-state index contributed by atoms with van der Waals surface area (Å²) in [4.78, 5) is 24.0. The van der Waals surface area contributed by atoms with Crippen molar-refractivity contribution < 1.29 is 19.1 Å². The third-order valence-electron chi connectivity index (χ3n) is 3.75. The predicted octanol–water partition coefficient (Wildman–Crippen LogP) is 3.91. The molecule has 0 bridgehead atoms. The molecule has 0 saturated heterocycles. The largest absolute Gasteiger partial charge is 0.415 e. The Kier molecular flexibility index (Phi) is 4.76. The number of rotatable bonds is 4. The summed E-state index contributed by atoms with van der Waals surface area (Å²) < 4.78 is 10.4. The van der Waals surface area contributed by atoms with E-state index in [1.165, 1.54) is 0 Å². The minimum Gasteiger partial charge on any atom is -0.415 e. The molecule has 1 aliphatic rings. The number of carbonyl (C=O) groups is 2. The molecule has 1 heterocycles. The average molecular weight is 358 g/mol.